The summed E-state index contributed by atoms with van der Waals surface area (Å²) >= 11 is 0. The van der Waals surface area contributed by atoms with Crippen molar-refractivity contribution in [1.29, 1.82) is 0 Å². The highest BCUT2D eigenvalue weighted by atomic mass is 16.6. The lowest BCUT2D eigenvalue weighted by Gasteiger charge is -2.19. The topological polar surface area (TPSA) is 82.7 Å². The van der Waals surface area contributed by atoms with E-state index >= 15 is 0 Å². The largest absolute Gasteiger partial charge is 0.493 e. The number of nitro groups is 1. The quantitative estimate of drug-likeness (QED) is 0.599. The van der Waals surface area contributed by atoms with Crippen molar-refractivity contribution in [3.63, 3.8) is 0 Å². The molecule has 0 aliphatic rings. The van der Waals surface area contributed by atoms with E-state index in [1.54, 1.807) is 43.8 Å². The zero-order valence-corrected chi connectivity index (χ0v) is 12.9. The van der Waals surface area contributed by atoms with Crippen molar-refractivity contribution in [3.8, 4) is 11.5 Å². The van der Waals surface area contributed by atoms with Crippen LogP contribution in [0.15, 0.2) is 24.5 Å². The molecule has 1 aromatic heterocycles. The molecule has 0 amide bonds. The van der Waals surface area contributed by atoms with Crippen LogP contribution in [0.2, 0.25) is 0 Å². The SMILES string of the molecule is COc1ccc(CN(C)c2c([N+](=O)[O-])ncn2C)cc1OC. The number of hydrogen-bond acceptors (Lipinski definition) is 6. The molecule has 118 valence electrons. The second-order valence-corrected chi connectivity index (χ2v) is 4.81. The second kappa shape index (κ2) is 6.33. The molecular formula is C14H18N4O4. The Bertz CT molecular complexity index is 683. The second-order valence-electron chi connectivity index (χ2n) is 4.81. The molecule has 0 radical (unpaired) electrons. The maximum atomic E-state index is 11.0. The van der Waals surface area contributed by atoms with Crippen molar-refractivity contribution in [2.75, 3.05) is 26.2 Å². The first kappa shape index (κ1) is 15.6. The van der Waals surface area contributed by atoms with Crippen LogP contribution in [0.4, 0.5) is 11.6 Å². The average Bonchev–Trinajstić information content (AvgIpc) is 2.89. The molecule has 0 spiro atoms. The third-order valence-electron chi connectivity index (χ3n) is 3.29. The number of hydrogen-bond donors (Lipinski definition) is 0. The summed E-state index contributed by atoms with van der Waals surface area (Å²) in [5, 5.41) is 11.0. The van der Waals surface area contributed by atoms with Crippen LogP contribution in [-0.4, -0.2) is 35.7 Å². The highest BCUT2D eigenvalue weighted by molar-refractivity contribution is 5.54. The maximum absolute atomic E-state index is 11.0. The summed E-state index contributed by atoms with van der Waals surface area (Å²) in [6.07, 6.45) is 1.43. The molecule has 0 aliphatic carbocycles. The van der Waals surface area contributed by atoms with Crippen LogP contribution >= 0.6 is 0 Å². The number of aromatic nitrogens is 2. The molecule has 2 rings (SSSR count). The average molecular weight is 306 g/mol. The van der Waals surface area contributed by atoms with E-state index in [0.29, 0.717) is 23.9 Å². The Morgan fingerprint density at radius 3 is 2.59 bits per heavy atom. The fraction of sp³-hybridized carbons (Fsp3) is 0.357. The number of rotatable bonds is 6. The van der Waals surface area contributed by atoms with Gasteiger partial charge in [0.05, 0.1) is 14.2 Å². The van der Waals surface area contributed by atoms with Gasteiger partial charge in [-0.1, -0.05) is 6.07 Å². The molecule has 0 fully saturated rings. The van der Waals surface area contributed by atoms with Gasteiger partial charge >= 0.3 is 5.82 Å². The number of aryl methyl sites for hydroxylation is 1. The van der Waals surface area contributed by atoms with Gasteiger partial charge in [0.1, 0.15) is 0 Å². The minimum atomic E-state index is -0.486. The van der Waals surface area contributed by atoms with Crippen molar-refractivity contribution < 1.29 is 14.4 Å². The van der Waals surface area contributed by atoms with Crippen molar-refractivity contribution >= 4 is 11.6 Å². The summed E-state index contributed by atoms with van der Waals surface area (Å²) in [5.74, 6) is 1.54. The number of benzene rings is 1. The van der Waals surface area contributed by atoms with Gasteiger partial charge in [-0.15, -0.1) is 0 Å². The normalized spacial score (nSPS) is 10.4. The number of ether oxygens (including phenoxy) is 2. The molecule has 0 atom stereocenters. The lowest BCUT2D eigenvalue weighted by molar-refractivity contribution is -0.388. The molecule has 0 saturated carbocycles. The predicted octanol–water partition coefficient (Wildman–Crippen LogP) is 1.98. The van der Waals surface area contributed by atoms with Crippen molar-refractivity contribution in [1.82, 2.24) is 9.55 Å². The summed E-state index contributed by atoms with van der Waals surface area (Å²) in [6.45, 7) is 0.473. The molecule has 22 heavy (non-hydrogen) atoms. The Kier molecular flexibility index (Phi) is 4.50. The minimum absolute atomic E-state index is 0.162. The lowest BCUT2D eigenvalue weighted by Crippen LogP contribution is -2.20. The van der Waals surface area contributed by atoms with Gasteiger partial charge in [-0.05, 0) is 27.6 Å². The molecule has 2 aromatic rings. The van der Waals surface area contributed by atoms with Crippen LogP contribution in [0.3, 0.4) is 0 Å². The first-order valence-corrected chi connectivity index (χ1v) is 6.55. The standard InChI is InChI=1S/C14H18N4O4/c1-16(14-13(18(19)20)15-9-17(14)2)8-10-5-6-11(21-3)12(7-10)22-4/h5-7,9H,8H2,1-4H3. The molecule has 0 N–H and O–H groups in total. The summed E-state index contributed by atoms with van der Waals surface area (Å²) in [6, 6.07) is 5.54. The highest BCUT2D eigenvalue weighted by Gasteiger charge is 2.23. The van der Waals surface area contributed by atoms with E-state index in [-0.39, 0.29) is 5.82 Å². The third-order valence-corrected chi connectivity index (χ3v) is 3.29. The Hall–Kier alpha value is -2.77. The highest BCUT2D eigenvalue weighted by Crippen LogP contribution is 2.30. The van der Waals surface area contributed by atoms with Crippen LogP contribution in [-0.2, 0) is 13.6 Å². The predicted molar refractivity (Wildman–Crippen MR) is 81.5 cm³/mol. The van der Waals surface area contributed by atoms with Crippen molar-refractivity contribution in [3.05, 3.63) is 40.2 Å². The molecule has 0 saturated heterocycles. The zero-order valence-electron chi connectivity index (χ0n) is 12.9. The fourth-order valence-corrected chi connectivity index (χ4v) is 2.31. The van der Waals surface area contributed by atoms with Crippen LogP contribution in [0, 0.1) is 10.1 Å². The van der Waals surface area contributed by atoms with Crippen LogP contribution in [0.25, 0.3) is 0 Å². The molecule has 1 heterocycles. The summed E-state index contributed by atoms with van der Waals surface area (Å²) in [4.78, 5) is 16.1. The third kappa shape index (κ3) is 2.95. The van der Waals surface area contributed by atoms with Crippen LogP contribution in [0.1, 0.15) is 5.56 Å². The Labute approximate surface area is 128 Å². The first-order valence-electron chi connectivity index (χ1n) is 6.55. The van der Waals surface area contributed by atoms with Crippen LogP contribution < -0.4 is 14.4 Å². The molecule has 0 bridgehead atoms. The number of nitrogens with zero attached hydrogens (tertiary/aromatic N) is 4. The van der Waals surface area contributed by atoms with E-state index in [0.717, 1.165) is 5.56 Å². The molecule has 8 heteroatoms. The van der Waals surface area contributed by atoms with Crippen molar-refractivity contribution in [2.45, 2.75) is 6.54 Å². The van der Waals surface area contributed by atoms with Gasteiger partial charge in [0.2, 0.25) is 12.1 Å². The van der Waals surface area contributed by atoms with Gasteiger partial charge in [0.25, 0.3) is 0 Å². The molecule has 0 unspecified atom stereocenters. The van der Waals surface area contributed by atoms with Gasteiger partial charge in [-0.25, -0.2) is 0 Å². The van der Waals surface area contributed by atoms with E-state index in [1.807, 2.05) is 12.1 Å². The number of imidazole rings is 1. The molecular weight excluding hydrogens is 288 g/mol. The van der Waals surface area contributed by atoms with Gasteiger partial charge in [-0.3, -0.25) is 4.57 Å². The van der Waals surface area contributed by atoms with Crippen LogP contribution in [0.5, 0.6) is 11.5 Å². The van der Waals surface area contributed by atoms with Gasteiger partial charge in [-0.2, -0.15) is 0 Å². The maximum Gasteiger partial charge on any atom is 0.406 e. The van der Waals surface area contributed by atoms with Gasteiger partial charge < -0.3 is 24.5 Å². The first-order chi connectivity index (χ1) is 10.5. The van der Waals surface area contributed by atoms with E-state index in [1.165, 1.54) is 6.33 Å². The smallest absolute Gasteiger partial charge is 0.406 e. The number of methoxy groups -OCH3 is 2. The summed E-state index contributed by atoms with van der Waals surface area (Å²) in [5.41, 5.74) is 0.940. The summed E-state index contributed by atoms with van der Waals surface area (Å²) < 4.78 is 12.1. The van der Waals surface area contributed by atoms with Crippen molar-refractivity contribution in [2.24, 2.45) is 7.05 Å². The Balaban J connectivity index is 2.27. The molecule has 1 aromatic carbocycles. The Morgan fingerprint density at radius 1 is 1.32 bits per heavy atom. The molecule has 0 aliphatic heterocycles. The van der Waals surface area contributed by atoms with Gasteiger partial charge in [0, 0.05) is 20.6 Å². The monoisotopic (exact) mass is 306 g/mol. The summed E-state index contributed by atoms with van der Waals surface area (Å²) in [7, 11) is 6.64. The van der Waals surface area contributed by atoms with E-state index in [2.05, 4.69) is 4.98 Å². The Morgan fingerprint density at radius 2 is 2.00 bits per heavy atom. The van der Waals surface area contributed by atoms with E-state index < -0.39 is 4.92 Å². The number of anilines is 1. The zero-order chi connectivity index (χ0) is 16.3. The minimum Gasteiger partial charge on any atom is -0.493 e. The van der Waals surface area contributed by atoms with Gasteiger partial charge in [0.15, 0.2) is 11.5 Å². The van der Waals surface area contributed by atoms with E-state index in [4.69, 9.17) is 9.47 Å². The lowest BCUT2D eigenvalue weighted by atomic mass is 10.2. The fourth-order valence-electron chi connectivity index (χ4n) is 2.31. The van der Waals surface area contributed by atoms with E-state index in [9.17, 15) is 10.1 Å². The molecule has 8 nitrogen and oxygen atoms in total.